The molecule has 0 saturated carbocycles. The molecule has 1 fully saturated rings. The van der Waals surface area contributed by atoms with Gasteiger partial charge < -0.3 is 15.5 Å². The van der Waals surface area contributed by atoms with Gasteiger partial charge in [-0.3, -0.25) is 4.79 Å². The van der Waals surface area contributed by atoms with Gasteiger partial charge in [-0.2, -0.15) is 10.2 Å². The second-order valence-electron chi connectivity index (χ2n) is 6.88. The molecule has 2 atom stereocenters. The van der Waals surface area contributed by atoms with Crippen molar-refractivity contribution in [3.05, 3.63) is 23.9 Å². The number of piperazine rings is 1. The molecule has 25 heavy (non-hydrogen) atoms. The summed E-state index contributed by atoms with van der Waals surface area (Å²) in [6.07, 6.45) is 4.58. The SMILES string of the molecule is C=CC(=O)N1CCN(c2nc(N)nc3c2CCC(C)C3)C[C@@H]1CC#N. The number of aromatic nitrogens is 2. The third-order valence-electron chi connectivity index (χ3n) is 5.08. The molecule has 1 amide bonds. The van der Waals surface area contributed by atoms with Gasteiger partial charge >= 0.3 is 0 Å². The summed E-state index contributed by atoms with van der Waals surface area (Å²) in [5, 5.41) is 9.13. The minimum absolute atomic E-state index is 0.127. The summed E-state index contributed by atoms with van der Waals surface area (Å²) in [6.45, 7) is 7.57. The number of carbonyl (C=O) groups excluding carboxylic acids is 1. The summed E-state index contributed by atoms with van der Waals surface area (Å²) >= 11 is 0. The fraction of sp³-hybridized carbons (Fsp3) is 0.556. The lowest BCUT2D eigenvalue weighted by Gasteiger charge is -2.41. The van der Waals surface area contributed by atoms with Gasteiger partial charge in [0.1, 0.15) is 5.82 Å². The molecule has 1 aromatic rings. The van der Waals surface area contributed by atoms with Crippen LogP contribution < -0.4 is 10.6 Å². The lowest BCUT2D eigenvalue weighted by Crippen LogP contribution is -2.55. The molecular weight excluding hydrogens is 316 g/mol. The molecule has 0 spiro atoms. The highest BCUT2D eigenvalue weighted by atomic mass is 16.2. The Balaban J connectivity index is 1.89. The van der Waals surface area contributed by atoms with Crippen molar-refractivity contribution >= 4 is 17.7 Å². The second kappa shape index (κ2) is 7.09. The van der Waals surface area contributed by atoms with Crippen molar-refractivity contribution in [2.75, 3.05) is 30.3 Å². The first kappa shape index (κ1) is 17.2. The fourth-order valence-corrected chi connectivity index (χ4v) is 3.78. The highest BCUT2D eigenvalue weighted by Gasteiger charge is 2.32. The molecule has 0 bridgehead atoms. The van der Waals surface area contributed by atoms with Crippen molar-refractivity contribution in [3.63, 3.8) is 0 Å². The van der Waals surface area contributed by atoms with Crippen molar-refractivity contribution < 1.29 is 4.79 Å². The molecule has 7 nitrogen and oxygen atoms in total. The summed E-state index contributed by atoms with van der Waals surface area (Å²) in [7, 11) is 0. The Morgan fingerprint density at radius 3 is 3.00 bits per heavy atom. The van der Waals surface area contributed by atoms with Crippen molar-refractivity contribution in [2.45, 2.75) is 38.6 Å². The lowest BCUT2D eigenvalue weighted by molar-refractivity contribution is -0.128. The molecule has 2 aliphatic rings. The van der Waals surface area contributed by atoms with Gasteiger partial charge in [0.05, 0.1) is 24.2 Å². The number of hydrogen-bond acceptors (Lipinski definition) is 6. The van der Waals surface area contributed by atoms with Gasteiger partial charge in [-0.15, -0.1) is 0 Å². The highest BCUT2D eigenvalue weighted by molar-refractivity contribution is 5.87. The van der Waals surface area contributed by atoms with Gasteiger partial charge in [0.15, 0.2) is 0 Å². The van der Waals surface area contributed by atoms with Gasteiger partial charge in [-0.1, -0.05) is 13.5 Å². The van der Waals surface area contributed by atoms with Crippen molar-refractivity contribution in [3.8, 4) is 6.07 Å². The summed E-state index contributed by atoms with van der Waals surface area (Å²) < 4.78 is 0. The first-order valence-electron chi connectivity index (χ1n) is 8.73. The van der Waals surface area contributed by atoms with E-state index in [-0.39, 0.29) is 18.4 Å². The third kappa shape index (κ3) is 3.43. The van der Waals surface area contributed by atoms with Crippen LogP contribution in [0.4, 0.5) is 11.8 Å². The highest BCUT2D eigenvalue weighted by Crippen LogP contribution is 2.32. The molecule has 1 unspecified atom stereocenters. The van der Waals surface area contributed by atoms with E-state index >= 15 is 0 Å². The van der Waals surface area contributed by atoms with Crippen molar-refractivity contribution in [1.29, 1.82) is 5.26 Å². The normalized spacial score (nSPS) is 22.9. The average molecular weight is 340 g/mol. The predicted octanol–water partition coefficient (Wildman–Crippen LogP) is 1.30. The van der Waals surface area contributed by atoms with E-state index in [1.807, 2.05) is 0 Å². The minimum atomic E-state index is -0.168. The van der Waals surface area contributed by atoms with E-state index in [2.05, 4.69) is 34.4 Å². The van der Waals surface area contributed by atoms with Crippen LogP contribution in [0.1, 0.15) is 31.0 Å². The van der Waals surface area contributed by atoms with Crippen molar-refractivity contribution in [1.82, 2.24) is 14.9 Å². The first-order valence-corrected chi connectivity index (χ1v) is 8.73. The van der Waals surface area contributed by atoms with Crippen LogP contribution in [0.25, 0.3) is 0 Å². The summed E-state index contributed by atoms with van der Waals surface area (Å²) in [4.78, 5) is 24.9. The summed E-state index contributed by atoms with van der Waals surface area (Å²) in [5.74, 6) is 1.65. The van der Waals surface area contributed by atoms with Crippen LogP contribution in [0, 0.1) is 17.2 Å². The second-order valence-corrected chi connectivity index (χ2v) is 6.88. The Kier molecular flexibility index (Phi) is 4.88. The zero-order valence-corrected chi connectivity index (χ0v) is 14.6. The zero-order chi connectivity index (χ0) is 18.0. The number of amides is 1. The number of hydrogen-bond donors (Lipinski definition) is 1. The average Bonchev–Trinajstić information content (AvgIpc) is 2.60. The van der Waals surface area contributed by atoms with E-state index in [0.29, 0.717) is 31.5 Å². The molecule has 1 aromatic heterocycles. The van der Waals surface area contributed by atoms with E-state index in [9.17, 15) is 4.79 Å². The summed E-state index contributed by atoms with van der Waals surface area (Å²) in [5.41, 5.74) is 8.16. The number of rotatable bonds is 3. The molecule has 0 radical (unpaired) electrons. The van der Waals surface area contributed by atoms with Crippen LogP contribution in [0.5, 0.6) is 0 Å². The molecule has 132 valence electrons. The molecule has 2 heterocycles. The van der Waals surface area contributed by atoms with Gasteiger partial charge in [0.25, 0.3) is 0 Å². The summed E-state index contributed by atoms with van der Waals surface area (Å²) in [6, 6.07) is 2.02. The van der Waals surface area contributed by atoms with E-state index in [4.69, 9.17) is 11.0 Å². The molecule has 1 aliphatic heterocycles. The van der Waals surface area contributed by atoms with Crippen LogP contribution in [0.3, 0.4) is 0 Å². The van der Waals surface area contributed by atoms with Crippen LogP contribution in [0.15, 0.2) is 12.7 Å². The third-order valence-corrected chi connectivity index (χ3v) is 5.08. The number of anilines is 2. The van der Waals surface area contributed by atoms with Crippen LogP contribution in [0.2, 0.25) is 0 Å². The first-order chi connectivity index (χ1) is 12.0. The van der Waals surface area contributed by atoms with Gasteiger partial charge in [0, 0.05) is 25.2 Å². The molecule has 3 rings (SSSR count). The predicted molar refractivity (Wildman–Crippen MR) is 95.8 cm³/mol. The standard InChI is InChI=1S/C18H24N6O/c1-3-16(25)24-9-8-23(11-13(24)6-7-19)17-14-5-4-12(2)10-15(14)21-18(20)22-17/h3,12-13H,1,4-6,8-11H2,2H3,(H2,20,21,22)/t12?,13-/m0/s1. The van der Waals surface area contributed by atoms with E-state index in [1.54, 1.807) is 4.90 Å². The molecular formula is C18H24N6O. The molecule has 7 heteroatoms. The minimum Gasteiger partial charge on any atom is -0.368 e. The number of carbonyl (C=O) groups is 1. The number of nitrogens with two attached hydrogens (primary N) is 1. The zero-order valence-electron chi connectivity index (χ0n) is 14.6. The van der Waals surface area contributed by atoms with E-state index < -0.39 is 0 Å². The molecule has 1 aliphatic carbocycles. The fourth-order valence-electron chi connectivity index (χ4n) is 3.78. The largest absolute Gasteiger partial charge is 0.368 e. The molecule has 1 saturated heterocycles. The lowest BCUT2D eigenvalue weighted by atomic mass is 9.88. The monoisotopic (exact) mass is 340 g/mol. The Morgan fingerprint density at radius 2 is 2.28 bits per heavy atom. The Labute approximate surface area is 148 Å². The molecule has 0 aromatic carbocycles. The number of nitriles is 1. The quantitative estimate of drug-likeness (QED) is 0.833. The Hall–Kier alpha value is -2.62. The van der Waals surface area contributed by atoms with Gasteiger partial charge in [0.2, 0.25) is 11.9 Å². The Bertz CT molecular complexity index is 725. The van der Waals surface area contributed by atoms with E-state index in [0.717, 1.165) is 30.8 Å². The molecule has 2 N–H and O–H groups in total. The Morgan fingerprint density at radius 1 is 1.48 bits per heavy atom. The van der Waals surface area contributed by atoms with Crippen LogP contribution in [-0.4, -0.2) is 46.5 Å². The maximum atomic E-state index is 12.1. The van der Waals surface area contributed by atoms with E-state index in [1.165, 1.54) is 11.6 Å². The van der Waals surface area contributed by atoms with Crippen molar-refractivity contribution in [2.24, 2.45) is 5.92 Å². The van der Waals surface area contributed by atoms with Gasteiger partial charge in [-0.05, 0) is 31.3 Å². The smallest absolute Gasteiger partial charge is 0.246 e. The maximum Gasteiger partial charge on any atom is 0.246 e. The maximum absolute atomic E-state index is 12.1. The van der Waals surface area contributed by atoms with Crippen LogP contribution >= 0.6 is 0 Å². The topological polar surface area (TPSA) is 99.1 Å². The number of fused-ring (bicyclic) bond motifs is 1. The number of nitrogen functional groups attached to an aromatic ring is 1. The van der Waals surface area contributed by atoms with Crippen LogP contribution in [-0.2, 0) is 17.6 Å². The van der Waals surface area contributed by atoms with Gasteiger partial charge in [-0.25, -0.2) is 4.98 Å². The number of nitrogens with zero attached hydrogens (tertiary/aromatic N) is 5.